The maximum absolute atomic E-state index is 5.57. The molecule has 1 aromatic heterocycles. The maximum Gasteiger partial charge on any atom is 0.191 e. The normalized spacial score (nSPS) is 15.7. The van der Waals surface area contributed by atoms with E-state index in [1.807, 2.05) is 12.1 Å². The number of aryl methyl sites for hydroxylation is 2. The van der Waals surface area contributed by atoms with Gasteiger partial charge in [0.1, 0.15) is 5.75 Å². The summed E-state index contributed by atoms with van der Waals surface area (Å²) in [5, 5.41) is 7.99. The number of hydrogen-bond acceptors (Lipinski definition) is 6. The molecule has 178 valence electrons. The number of ether oxygens (including phenoxy) is 2. The van der Waals surface area contributed by atoms with Crippen LogP contribution in [0.15, 0.2) is 29.3 Å². The standard InChI is InChI=1S/C23H35N5O2S.HI/c1-5-24-23(25-11-10-22-17(2)27-18(3)31-22)26-16-21(28-12-14-30-15-13-28)19-6-8-20(29-4)9-7-19;/h6-9,21H,5,10-16H2,1-4H3,(H2,24,25,26);1H. The Hall–Kier alpha value is -1.43. The number of rotatable bonds is 9. The molecule has 1 aromatic carbocycles. The summed E-state index contributed by atoms with van der Waals surface area (Å²) in [5.74, 6) is 1.73. The first-order chi connectivity index (χ1) is 15.1. The number of nitrogens with zero attached hydrogens (tertiary/aromatic N) is 3. The number of methoxy groups -OCH3 is 1. The largest absolute Gasteiger partial charge is 0.497 e. The quantitative estimate of drug-likeness (QED) is 0.272. The monoisotopic (exact) mass is 573 g/mol. The van der Waals surface area contributed by atoms with Crippen LogP contribution in [0.4, 0.5) is 0 Å². The van der Waals surface area contributed by atoms with Gasteiger partial charge in [-0.1, -0.05) is 12.1 Å². The zero-order chi connectivity index (χ0) is 22.1. The highest BCUT2D eigenvalue weighted by atomic mass is 127. The van der Waals surface area contributed by atoms with Gasteiger partial charge in [-0.15, -0.1) is 35.3 Å². The predicted molar refractivity (Wildman–Crippen MR) is 143 cm³/mol. The van der Waals surface area contributed by atoms with Gasteiger partial charge in [0, 0.05) is 37.5 Å². The van der Waals surface area contributed by atoms with E-state index in [4.69, 9.17) is 14.5 Å². The molecule has 32 heavy (non-hydrogen) atoms. The Labute approximate surface area is 213 Å². The van der Waals surface area contributed by atoms with Crippen LogP contribution in [0.25, 0.3) is 0 Å². The fourth-order valence-corrected chi connectivity index (χ4v) is 4.70. The van der Waals surface area contributed by atoms with Gasteiger partial charge in [0.05, 0.1) is 43.6 Å². The van der Waals surface area contributed by atoms with E-state index in [0.29, 0.717) is 6.54 Å². The van der Waals surface area contributed by atoms with Crippen molar-refractivity contribution in [2.45, 2.75) is 33.2 Å². The zero-order valence-corrected chi connectivity index (χ0v) is 22.7. The van der Waals surface area contributed by atoms with Crippen LogP contribution in [0.3, 0.4) is 0 Å². The summed E-state index contributed by atoms with van der Waals surface area (Å²) in [4.78, 5) is 13.3. The van der Waals surface area contributed by atoms with E-state index >= 15 is 0 Å². The number of morpholine rings is 1. The van der Waals surface area contributed by atoms with Crippen molar-refractivity contribution >= 4 is 41.3 Å². The Kier molecular flexibility index (Phi) is 11.7. The SMILES string of the molecule is CCNC(=NCC(c1ccc(OC)cc1)N1CCOCC1)NCCc1sc(C)nc1C.I. The molecular weight excluding hydrogens is 537 g/mol. The molecule has 9 heteroatoms. The summed E-state index contributed by atoms with van der Waals surface area (Å²) < 4.78 is 10.9. The Bertz CT molecular complexity index is 837. The summed E-state index contributed by atoms with van der Waals surface area (Å²) in [7, 11) is 1.70. The molecule has 1 aliphatic heterocycles. The van der Waals surface area contributed by atoms with Crippen molar-refractivity contribution < 1.29 is 9.47 Å². The second-order valence-electron chi connectivity index (χ2n) is 7.58. The van der Waals surface area contributed by atoms with Gasteiger partial charge in [-0.05, 0) is 38.5 Å². The van der Waals surface area contributed by atoms with Crippen LogP contribution in [0.1, 0.15) is 34.1 Å². The molecule has 0 radical (unpaired) electrons. The van der Waals surface area contributed by atoms with E-state index < -0.39 is 0 Å². The van der Waals surface area contributed by atoms with Gasteiger partial charge in [0.2, 0.25) is 0 Å². The van der Waals surface area contributed by atoms with Crippen molar-refractivity contribution in [3.05, 3.63) is 45.4 Å². The van der Waals surface area contributed by atoms with Gasteiger partial charge in [0.15, 0.2) is 5.96 Å². The highest BCUT2D eigenvalue weighted by Crippen LogP contribution is 2.24. The van der Waals surface area contributed by atoms with E-state index in [-0.39, 0.29) is 30.0 Å². The predicted octanol–water partition coefficient (Wildman–Crippen LogP) is 3.56. The van der Waals surface area contributed by atoms with Gasteiger partial charge in [-0.3, -0.25) is 9.89 Å². The molecule has 1 atom stereocenters. The molecule has 0 aliphatic carbocycles. The third-order valence-corrected chi connectivity index (χ3v) is 6.53. The van der Waals surface area contributed by atoms with E-state index in [2.05, 4.69) is 53.4 Å². The topological polar surface area (TPSA) is 71.0 Å². The number of benzene rings is 1. The molecule has 1 unspecified atom stereocenters. The Morgan fingerprint density at radius 3 is 2.53 bits per heavy atom. The second kappa shape index (κ2) is 14.0. The molecule has 0 spiro atoms. The highest BCUT2D eigenvalue weighted by Gasteiger charge is 2.22. The maximum atomic E-state index is 5.57. The number of aromatic nitrogens is 1. The molecule has 0 saturated carbocycles. The summed E-state index contributed by atoms with van der Waals surface area (Å²) in [6.07, 6.45) is 0.952. The van der Waals surface area contributed by atoms with Crippen molar-refractivity contribution in [1.29, 1.82) is 0 Å². The van der Waals surface area contributed by atoms with Crippen LogP contribution in [-0.4, -0.2) is 68.9 Å². The fourth-order valence-electron chi connectivity index (χ4n) is 3.77. The molecule has 0 bridgehead atoms. The first kappa shape index (κ1) is 26.8. The van der Waals surface area contributed by atoms with Crippen molar-refractivity contribution in [2.24, 2.45) is 4.99 Å². The lowest BCUT2D eigenvalue weighted by molar-refractivity contribution is 0.0179. The first-order valence-corrected chi connectivity index (χ1v) is 11.8. The van der Waals surface area contributed by atoms with Crippen LogP contribution in [0, 0.1) is 13.8 Å². The molecule has 0 amide bonds. The third-order valence-electron chi connectivity index (χ3n) is 5.40. The Morgan fingerprint density at radius 2 is 1.94 bits per heavy atom. The molecule has 1 fully saturated rings. The molecule has 2 N–H and O–H groups in total. The minimum absolute atomic E-state index is 0. The lowest BCUT2D eigenvalue weighted by Gasteiger charge is -2.34. The van der Waals surface area contributed by atoms with Gasteiger partial charge in [-0.2, -0.15) is 0 Å². The smallest absolute Gasteiger partial charge is 0.191 e. The number of thiazole rings is 1. The van der Waals surface area contributed by atoms with Gasteiger partial charge in [-0.25, -0.2) is 4.98 Å². The van der Waals surface area contributed by atoms with E-state index in [9.17, 15) is 0 Å². The average molecular weight is 574 g/mol. The lowest BCUT2D eigenvalue weighted by Crippen LogP contribution is -2.42. The number of halogens is 1. The highest BCUT2D eigenvalue weighted by molar-refractivity contribution is 14.0. The number of guanidine groups is 1. The van der Waals surface area contributed by atoms with Gasteiger partial charge >= 0.3 is 0 Å². The van der Waals surface area contributed by atoms with Crippen LogP contribution in [-0.2, 0) is 11.2 Å². The van der Waals surface area contributed by atoms with Crippen LogP contribution < -0.4 is 15.4 Å². The van der Waals surface area contributed by atoms with E-state index in [0.717, 1.165) is 68.2 Å². The molecular formula is C23H36IN5O2S. The summed E-state index contributed by atoms with van der Waals surface area (Å²) in [6, 6.07) is 8.54. The average Bonchev–Trinajstić information content (AvgIpc) is 3.11. The van der Waals surface area contributed by atoms with Crippen LogP contribution in [0.5, 0.6) is 5.75 Å². The van der Waals surface area contributed by atoms with Crippen LogP contribution in [0.2, 0.25) is 0 Å². The summed E-state index contributed by atoms with van der Waals surface area (Å²) >= 11 is 1.78. The molecule has 1 aliphatic rings. The van der Waals surface area contributed by atoms with Gasteiger partial charge < -0.3 is 20.1 Å². The minimum atomic E-state index is 0. The fraction of sp³-hybridized carbons (Fsp3) is 0.565. The third kappa shape index (κ3) is 7.86. The number of hydrogen-bond donors (Lipinski definition) is 2. The first-order valence-electron chi connectivity index (χ1n) is 11.0. The van der Waals surface area contributed by atoms with E-state index in [1.165, 1.54) is 10.4 Å². The number of nitrogens with one attached hydrogen (secondary N) is 2. The molecule has 2 aromatic rings. The second-order valence-corrected chi connectivity index (χ2v) is 8.86. The van der Waals surface area contributed by atoms with E-state index in [1.54, 1.807) is 18.4 Å². The molecule has 7 nitrogen and oxygen atoms in total. The molecule has 2 heterocycles. The summed E-state index contributed by atoms with van der Waals surface area (Å²) in [6.45, 7) is 11.9. The summed E-state index contributed by atoms with van der Waals surface area (Å²) in [5.41, 5.74) is 2.39. The molecule has 3 rings (SSSR count). The minimum Gasteiger partial charge on any atom is -0.497 e. The number of aliphatic imine (C=N–C) groups is 1. The van der Waals surface area contributed by atoms with Crippen molar-refractivity contribution in [2.75, 3.05) is 53.0 Å². The van der Waals surface area contributed by atoms with Crippen molar-refractivity contribution in [3.63, 3.8) is 0 Å². The Balaban J connectivity index is 0.00000363. The molecule has 1 saturated heterocycles. The van der Waals surface area contributed by atoms with Crippen LogP contribution >= 0.6 is 35.3 Å². The van der Waals surface area contributed by atoms with Gasteiger partial charge in [0.25, 0.3) is 0 Å². The lowest BCUT2D eigenvalue weighted by atomic mass is 10.0. The van der Waals surface area contributed by atoms with Crippen molar-refractivity contribution in [3.8, 4) is 5.75 Å². The zero-order valence-electron chi connectivity index (χ0n) is 19.5. The Morgan fingerprint density at radius 1 is 1.22 bits per heavy atom. The van der Waals surface area contributed by atoms with Crippen molar-refractivity contribution in [1.82, 2.24) is 20.5 Å².